The number of nitrogens with zero attached hydrogens (tertiary/aromatic N) is 1. The molecule has 2 aromatic rings. The lowest BCUT2D eigenvalue weighted by atomic mass is 10.1. The average molecular weight is 417 g/mol. The number of halogens is 1. The molecule has 136 valence electrons. The highest BCUT2D eigenvalue weighted by Crippen LogP contribution is 2.29. The first-order chi connectivity index (χ1) is 12.4. The maximum absolute atomic E-state index is 12.7. The van der Waals surface area contributed by atoms with Crippen molar-refractivity contribution < 1.29 is 14.3 Å². The Morgan fingerprint density at radius 1 is 1.19 bits per heavy atom. The summed E-state index contributed by atoms with van der Waals surface area (Å²) in [4.78, 5) is 26.7. The molecule has 1 aliphatic heterocycles. The zero-order valence-corrected chi connectivity index (χ0v) is 16.6. The summed E-state index contributed by atoms with van der Waals surface area (Å²) < 4.78 is 6.12. The molecule has 6 heteroatoms. The van der Waals surface area contributed by atoms with Crippen molar-refractivity contribution >= 4 is 39.1 Å². The Morgan fingerprint density at radius 3 is 2.38 bits per heavy atom. The van der Waals surface area contributed by atoms with Crippen LogP contribution in [0, 0.1) is 19.8 Å². The maximum atomic E-state index is 12.7. The molecule has 3 rings (SSSR count). The van der Waals surface area contributed by atoms with Crippen LogP contribution in [0.5, 0.6) is 5.75 Å². The molecule has 2 amide bonds. The van der Waals surface area contributed by atoms with Gasteiger partial charge in [-0.15, -0.1) is 0 Å². The van der Waals surface area contributed by atoms with Gasteiger partial charge in [-0.3, -0.25) is 9.59 Å². The van der Waals surface area contributed by atoms with Crippen LogP contribution in [0.4, 0.5) is 11.4 Å². The first-order valence-corrected chi connectivity index (χ1v) is 9.20. The lowest BCUT2D eigenvalue weighted by Crippen LogP contribution is -2.28. The van der Waals surface area contributed by atoms with Crippen molar-refractivity contribution in [3.05, 3.63) is 52.0 Å². The molecule has 0 unspecified atom stereocenters. The molecule has 5 nitrogen and oxygen atoms in total. The van der Waals surface area contributed by atoms with Gasteiger partial charge in [0.05, 0.1) is 13.0 Å². The van der Waals surface area contributed by atoms with Gasteiger partial charge in [-0.1, -0.05) is 15.9 Å². The fourth-order valence-corrected chi connectivity index (χ4v) is 3.91. The summed E-state index contributed by atoms with van der Waals surface area (Å²) >= 11 is 3.46. The van der Waals surface area contributed by atoms with E-state index in [-0.39, 0.29) is 24.2 Å². The standard InChI is InChI=1S/C20H21BrN2O3/c1-12-8-15(21)9-13(2)19(12)22-20(25)14-10-18(24)23(11-14)16-4-6-17(26-3)7-5-16/h4-9,14H,10-11H2,1-3H3,(H,22,25)/t14-/m0/s1. The van der Waals surface area contributed by atoms with E-state index < -0.39 is 0 Å². The van der Waals surface area contributed by atoms with Crippen molar-refractivity contribution in [1.29, 1.82) is 0 Å². The predicted octanol–water partition coefficient (Wildman–Crippen LogP) is 4.07. The van der Waals surface area contributed by atoms with Crippen molar-refractivity contribution in [2.45, 2.75) is 20.3 Å². The summed E-state index contributed by atoms with van der Waals surface area (Å²) in [5, 5.41) is 3.00. The Kier molecular flexibility index (Phi) is 5.32. The Balaban J connectivity index is 1.73. The monoisotopic (exact) mass is 416 g/mol. The quantitative estimate of drug-likeness (QED) is 0.816. The van der Waals surface area contributed by atoms with Crippen LogP contribution in [0.25, 0.3) is 0 Å². The first kappa shape index (κ1) is 18.5. The minimum absolute atomic E-state index is 0.0421. The second kappa shape index (κ2) is 7.50. The zero-order valence-electron chi connectivity index (χ0n) is 15.0. The van der Waals surface area contributed by atoms with E-state index in [2.05, 4.69) is 21.2 Å². The second-order valence-electron chi connectivity index (χ2n) is 6.51. The summed E-state index contributed by atoms with van der Waals surface area (Å²) in [5.74, 6) is 0.199. The SMILES string of the molecule is COc1ccc(N2C[C@@H](C(=O)Nc3c(C)cc(Br)cc3C)CC2=O)cc1. The first-order valence-electron chi connectivity index (χ1n) is 8.41. The third kappa shape index (κ3) is 3.75. The van der Waals surface area contributed by atoms with Crippen molar-refractivity contribution in [2.24, 2.45) is 5.92 Å². The van der Waals surface area contributed by atoms with Crippen LogP contribution in [0.1, 0.15) is 17.5 Å². The Hall–Kier alpha value is -2.34. The highest BCUT2D eigenvalue weighted by molar-refractivity contribution is 9.10. The molecule has 1 N–H and O–H groups in total. The zero-order chi connectivity index (χ0) is 18.8. The third-order valence-electron chi connectivity index (χ3n) is 4.63. The van der Waals surface area contributed by atoms with E-state index in [1.54, 1.807) is 12.0 Å². The van der Waals surface area contributed by atoms with Crippen LogP contribution in [0.15, 0.2) is 40.9 Å². The van der Waals surface area contributed by atoms with Gasteiger partial charge in [-0.25, -0.2) is 0 Å². The number of rotatable bonds is 4. The summed E-state index contributed by atoms with van der Waals surface area (Å²) in [5.41, 5.74) is 3.57. The molecule has 1 fully saturated rings. The highest BCUT2D eigenvalue weighted by atomic mass is 79.9. The number of ether oxygens (including phenoxy) is 1. The number of carbonyl (C=O) groups is 2. The maximum Gasteiger partial charge on any atom is 0.229 e. The minimum atomic E-state index is -0.368. The number of aryl methyl sites for hydroxylation is 2. The van der Waals surface area contributed by atoms with E-state index in [1.165, 1.54) is 0 Å². The van der Waals surface area contributed by atoms with E-state index in [0.29, 0.717) is 6.54 Å². The molecule has 0 aromatic heterocycles. The predicted molar refractivity (Wildman–Crippen MR) is 106 cm³/mol. The third-order valence-corrected chi connectivity index (χ3v) is 5.08. The molecular weight excluding hydrogens is 396 g/mol. The number of anilines is 2. The van der Waals surface area contributed by atoms with E-state index >= 15 is 0 Å². The van der Waals surface area contributed by atoms with Gasteiger partial charge < -0.3 is 15.0 Å². The number of nitrogens with one attached hydrogen (secondary N) is 1. The molecule has 0 spiro atoms. The van der Waals surface area contributed by atoms with E-state index in [9.17, 15) is 9.59 Å². The van der Waals surface area contributed by atoms with Crippen LogP contribution in [0.3, 0.4) is 0 Å². The van der Waals surface area contributed by atoms with Crippen molar-refractivity contribution in [3.8, 4) is 5.75 Å². The van der Waals surface area contributed by atoms with Crippen LogP contribution in [-0.2, 0) is 9.59 Å². The largest absolute Gasteiger partial charge is 0.497 e. The van der Waals surface area contributed by atoms with E-state index in [4.69, 9.17) is 4.74 Å². The fraction of sp³-hybridized carbons (Fsp3) is 0.300. The highest BCUT2D eigenvalue weighted by Gasteiger charge is 2.35. The van der Waals surface area contributed by atoms with Gasteiger partial charge in [-0.2, -0.15) is 0 Å². The summed E-state index contributed by atoms with van der Waals surface area (Å²) in [7, 11) is 1.60. The van der Waals surface area contributed by atoms with Gasteiger partial charge in [0.25, 0.3) is 0 Å². The van der Waals surface area contributed by atoms with Crippen molar-refractivity contribution in [1.82, 2.24) is 0 Å². The molecule has 2 aromatic carbocycles. The summed E-state index contributed by atoms with van der Waals surface area (Å²) in [6.07, 6.45) is 0.215. The van der Waals surface area contributed by atoms with Gasteiger partial charge in [-0.05, 0) is 61.4 Å². The lowest BCUT2D eigenvalue weighted by molar-refractivity contribution is -0.122. The number of hydrogen-bond acceptors (Lipinski definition) is 3. The molecule has 0 saturated carbocycles. The molecule has 1 heterocycles. The van der Waals surface area contributed by atoms with Crippen LogP contribution >= 0.6 is 15.9 Å². The van der Waals surface area contributed by atoms with Crippen LogP contribution in [0.2, 0.25) is 0 Å². The Morgan fingerprint density at radius 2 is 1.81 bits per heavy atom. The van der Waals surface area contributed by atoms with Gasteiger partial charge in [0.2, 0.25) is 11.8 Å². The molecular formula is C20H21BrN2O3. The summed E-state index contributed by atoms with van der Waals surface area (Å²) in [6, 6.07) is 11.2. The van der Waals surface area contributed by atoms with Crippen LogP contribution < -0.4 is 15.0 Å². The topological polar surface area (TPSA) is 58.6 Å². The van der Waals surface area contributed by atoms with Gasteiger partial charge >= 0.3 is 0 Å². The molecule has 0 bridgehead atoms. The smallest absolute Gasteiger partial charge is 0.229 e. The Bertz CT molecular complexity index is 826. The van der Waals surface area contributed by atoms with E-state index in [1.807, 2.05) is 50.2 Å². The van der Waals surface area contributed by atoms with Gasteiger partial charge in [0.1, 0.15) is 5.75 Å². The number of hydrogen-bond donors (Lipinski definition) is 1. The van der Waals surface area contributed by atoms with Gasteiger partial charge in [0.15, 0.2) is 0 Å². The number of carbonyl (C=O) groups excluding carboxylic acids is 2. The summed E-state index contributed by atoms with van der Waals surface area (Å²) in [6.45, 7) is 4.29. The normalized spacial score (nSPS) is 16.7. The molecule has 1 aliphatic rings. The molecule has 0 aliphatic carbocycles. The fourth-order valence-electron chi connectivity index (χ4n) is 3.23. The molecule has 26 heavy (non-hydrogen) atoms. The Labute approximate surface area is 161 Å². The molecule has 1 saturated heterocycles. The van der Waals surface area contributed by atoms with Crippen LogP contribution in [-0.4, -0.2) is 25.5 Å². The average Bonchev–Trinajstić information content (AvgIpc) is 3.00. The second-order valence-corrected chi connectivity index (χ2v) is 7.42. The minimum Gasteiger partial charge on any atom is -0.497 e. The lowest BCUT2D eigenvalue weighted by Gasteiger charge is -2.18. The van der Waals surface area contributed by atoms with Gasteiger partial charge in [0, 0.05) is 28.8 Å². The number of amides is 2. The number of methoxy groups -OCH3 is 1. The van der Waals surface area contributed by atoms with E-state index in [0.717, 1.165) is 32.7 Å². The number of benzene rings is 2. The van der Waals surface area contributed by atoms with Crippen molar-refractivity contribution in [2.75, 3.05) is 23.9 Å². The molecule has 1 atom stereocenters. The molecule has 0 radical (unpaired) electrons. The van der Waals surface area contributed by atoms with Crippen molar-refractivity contribution in [3.63, 3.8) is 0 Å².